The average molecular weight is 267 g/mol. The topological polar surface area (TPSA) is 30.5 Å². The van der Waals surface area contributed by atoms with Crippen molar-refractivity contribution < 1.29 is 9.57 Å². The van der Waals surface area contributed by atoms with Crippen LogP contribution in [0.5, 0.6) is 5.75 Å². The minimum Gasteiger partial charge on any atom is -0.496 e. The molecule has 3 nitrogen and oxygen atoms in total. The van der Waals surface area contributed by atoms with Gasteiger partial charge in [0, 0.05) is 12.0 Å². The van der Waals surface area contributed by atoms with Gasteiger partial charge in [0.15, 0.2) is 0 Å². The van der Waals surface area contributed by atoms with Gasteiger partial charge in [-0.3, -0.25) is 10.3 Å². The molecule has 0 amide bonds. The molecule has 2 aromatic rings. The molecular formula is C17H17NO2. The van der Waals surface area contributed by atoms with Crippen LogP contribution in [0, 0.1) is 0 Å². The largest absolute Gasteiger partial charge is 0.496 e. The first kappa shape index (κ1) is 12.8. The number of ether oxygens (including phenoxy) is 1. The van der Waals surface area contributed by atoms with Crippen molar-refractivity contribution in [3.63, 3.8) is 0 Å². The summed E-state index contributed by atoms with van der Waals surface area (Å²) in [5.41, 5.74) is 6.24. The van der Waals surface area contributed by atoms with Crippen molar-refractivity contribution in [1.29, 1.82) is 0 Å². The molecule has 1 atom stereocenters. The molecule has 1 aliphatic heterocycles. The van der Waals surface area contributed by atoms with Crippen molar-refractivity contribution in [2.75, 3.05) is 7.11 Å². The molecule has 1 heterocycles. The Morgan fingerprint density at radius 3 is 2.60 bits per heavy atom. The summed E-state index contributed by atoms with van der Waals surface area (Å²) < 4.78 is 5.37. The number of hydroxylamine groups is 1. The summed E-state index contributed by atoms with van der Waals surface area (Å²) in [5, 5.41) is 0. The molecule has 1 aliphatic rings. The van der Waals surface area contributed by atoms with Crippen LogP contribution in [0.25, 0.3) is 5.70 Å². The van der Waals surface area contributed by atoms with Crippen molar-refractivity contribution in [1.82, 2.24) is 5.48 Å². The fourth-order valence-corrected chi connectivity index (χ4v) is 2.35. The number of hydrogen-bond donors (Lipinski definition) is 1. The van der Waals surface area contributed by atoms with Gasteiger partial charge in [0.1, 0.15) is 11.9 Å². The predicted molar refractivity (Wildman–Crippen MR) is 79.1 cm³/mol. The van der Waals surface area contributed by atoms with Gasteiger partial charge < -0.3 is 4.74 Å². The molecule has 0 saturated heterocycles. The second-order valence-electron chi connectivity index (χ2n) is 4.73. The lowest BCUT2D eigenvalue weighted by atomic mass is 10.1. The Balaban J connectivity index is 1.78. The standard InChI is InChI=1S/C17H17NO2/c1-19-17-10-6-5-9-15(17)16-12-14(20-18-16)11-13-7-3-2-4-8-13/h2-10,12,14,18H,11H2,1H3. The molecule has 1 unspecified atom stereocenters. The van der Waals surface area contributed by atoms with Gasteiger partial charge in [-0.2, -0.15) is 0 Å². The number of benzene rings is 2. The Hall–Kier alpha value is -2.26. The Kier molecular flexibility index (Phi) is 3.70. The third-order valence-electron chi connectivity index (χ3n) is 3.35. The van der Waals surface area contributed by atoms with Crippen molar-refractivity contribution in [2.45, 2.75) is 12.5 Å². The minimum atomic E-state index is 0.0392. The van der Waals surface area contributed by atoms with Crippen LogP contribution in [0.4, 0.5) is 0 Å². The van der Waals surface area contributed by atoms with Crippen LogP contribution in [0.3, 0.4) is 0 Å². The molecule has 102 valence electrons. The lowest BCUT2D eigenvalue weighted by Gasteiger charge is -2.09. The van der Waals surface area contributed by atoms with Gasteiger partial charge in [0.05, 0.1) is 12.8 Å². The second-order valence-corrected chi connectivity index (χ2v) is 4.73. The Morgan fingerprint density at radius 1 is 1.05 bits per heavy atom. The second kappa shape index (κ2) is 5.80. The van der Waals surface area contributed by atoms with Crippen LogP contribution in [-0.4, -0.2) is 13.2 Å². The zero-order valence-corrected chi connectivity index (χ0v) is 11.4. The first-order valence-corrected chi connectivity index (χ1v) is 6.67. The number of para-hydroxylation sites is 1. The minimum absolute atomic E-state index is 0.0392. The highest BCUT2D eigenvalue weighted by Gasteiger charge is 2.19. The maximum Gasteiger partial charge on any atom is 0.128 e. The van der Waals surface area contributed by atoms with Crippen molar-refractivity contribution >= 4 is 5.70 Å². The van der Waals surface area contributed by atoms with Crippen LogP contribution in [0.1, 0.15) is 11.1 Å². The lowest BCUT2D eigenvalue weighted by molar-refractivity contribution is 0.0519. The third kappa shape index (κ3) is 2.68. The summed E-state index contributed by atoms with van der Waals surface area (Å²) >= 11 is 0. The quantitative estimate of drug-likeness (QED) is 0.923. The monoisotopic (exact) mass is 267 g/mol. The van der Waals surface area contributed by atoms with Crippen LogP contribution < -0.4 is 10.2 Å². The van der Waals surface area contributed by atoms with Gasteiger partial charge in [0.25, 0.3) is 0 Å². The van der Waals surface area contributed by atoms with Crippen LogP contribution in [0.15, 0.2) is 60.7 Å². The molecule has 20 heavy (non-hydrogen) atoms. The Morgan fingerprint density at radius 2 is 1.80 bits per heavy atom. The predicted octanol–water partition coefficient (Wildman–Crippen LogP) is 3.18. The summed E-state index contributed by atoms with van der Waals surface area (Å²) in [6.07, 6.45) is 2.99. The van der Waals surface area contributed by atoms with Crippen LogP contribution >= 0.6 is 0 Å². The first-order valence-electron chi connectivity index (χ1n) is 6.67. The third-order valence-corrected chi connectivity index (χ3v) is 3.35. The van der Waals surface area contributed by atoms with Gasteiger partial charge >= 0.3 is 0 Å². The molecule has 0 aromatic heterocycles. The fraction of sp³-hybridized carbons (Fsp3) is 0.176. The Bertz CT molecular complexity index is 607. The molecule has 0 bridgehead atoms. The summed E-state index contributed by atoms with van der Waals surface area (Å²) in [6.45, 7) is 0. The van der Waals surface area contributed by atoms with E-state index in [0.717, 1.165) is 23.4 Å². The fourth-order valence-electron chi connectivity index (χ4n) is 2.35. The molecule has 0 radical (unpaired) electrons. The van der Waals surface area contributed by atoms with E-state index >= 15 is 0 Å². The van der Waals surface area contributed by atoms with Crippen molar-refractivity contribution in [2.24, 2.45) is 0 Å². The molecule has 0 fully saturated rings. The van der Waals surface area contributed by atoms with E-state index in [1.165, 1.54) is 5.56 Å². The normalized spacial score (nSPS) is 17.4. The van der Waals surface area contributed by atoms with Gasteiger partial charge in [0.2, 0.25) is 0 Å². The molecular weight excluding hydrogens is 250 g/mol. The van der Waals surface area contributed by atoms with E-state index in [-0.39, 0.29) is 6.10 Å². The number of hydrogen-bond acceptors (Lipinski definition) is 3. The number of methoxy groups -OCH3 is 1. The lowest BCUT2D eigenvalue weighted by Crippen LogP contribution is -2.14. The van der Waals surface area contributed by atoms with E-state index in [1.807, 2.05) is 42.5 Å². The highest BCUT2D eigenvalue weighted by atomic mass is 16.7. The van der Waals surface area contributed by atoms with Crippen molar-refractivity contribution in [3.05, 3.63) is 71.8 Å². The molecule has 0 spiro atoms. The zero-order valence-electron chi connectivity index (χ0n) is 11.4. The number of rotatable bonds is 4. The molecule has 2 aromatic carbocycles. The summed E-state index contributed by atoms with van der Waals surface area (Å²) in [5.74, 6) is 0.843. The van der Waals surface area contributed by atoms with Gasteiger partial charge in [-0.15, -0.1) is 0 Å². The summed E-state index contributed by atoms with van der Waals surface area (Å²) in [7, 11) is 1.68. The SMILES string of the molecule is COc1ccccc1C1=CC(Cc2ccccc2)ON1. The van der Waals surface area contributed by atoms with Gasteiger partial charge in [-0.1, -0.05) is 42.5 Å². The molecule has 0 aliphatic carbocycles. The molecule has 1 N–H and O–H groups in total. The van der Waals surface area contributed by atoms with E-state index in [9.17, 15) is 0 Å². The van der Waals surface area contributed by atoms with Crippen molar-refractivity contribution in [3.8, 4) is 5.75 Å². The smallest absolute Gasteiger partial charge is 0.128 e. The average Bonchev–Trinajstić information content (AvgIpc) is 2.96. The zero-order chi connectivity index (χ0) is 13.8. The highest BCUT2D eigenvalue weighted by Crippen LogP contribution is 2.27. The molecule has 3 heteroatoms. The maximum absolute atomic E-state index is 5.63. The van der Waals surface area contributed by atoms with Gasteiger partial charge in [-0.05, 0) is 23.8 Å². The van der Waals surface area contributed by atoms with E-state index in [2.05, 4.69) is 23.7 Å². The molecule has 3 rings (SSSR count). The number of nitrogens with one attached hydrogen (secondary N) is 1. The van der Waals surface area contributed by atoms with E-state index in [1.54, 1.807) is 7.11 Å². The Labute approximate surface area is 118 Å². The van der Waals surface area contributed by atoms with Crippen LogP contribution in [0.2, 0.25) is 0 Å². The summed E-state index contributed by atoms with van der Waals surface area (Å²) in [6, 6.07) is 18.2. The van der Waals surface area contributed by atoms with E-state index in [4.69, 9.17) is 9.57 Å². The maximum atomic E-state index is 5.63. The summed E-state index contributed by atoms with van der Waals surface area (Å²) in [4.78, 5) is 5.63. The van der Waals surface area contributed by atoms with Gasteiger partial charge in [-0.25, -0.2) is 0 Å². The van der Waals surface area contributed by atoms with E-state index < -0.39 is 0 Å². The van der Waals surface area contributed by atoms with E-state index in [0.29, 0.717) is 0 Å². The first-order chi connectivity index (χ1) is 9.86. The molecule has 0 saturated carbocycles. The highest BCUT2D eigenvalue weighted by molar-refractivity contribution is 5.70. The van der Waals surface area contributed by atoms with Crippen LogP contribution in [-0.2, 0) is 11.3 Å².